The number of hydrogen-bond acceptors (Lipinski definition) is 2. The average Bonchev–Trinajstić information content (AvgIpc) is 2.58. The molecule has 0 spiro atoms. The fourth-order valence-corrected chi connectivity index (χ4v) is 2.07. The molecule has 0 aliphatic carbocycles. The number of amides is 1. The number of rotatable bonds is 3. The summed E-state index contributed by atoms with van der Waals surface area (Å²) < 4.78 is 37.9. The SMILES string of the molecule is CN(C)c1cccc(C(=O)NCC#Cc2cccc(C(F)(F)F)c2)c1. The van der Waals surface area contributed by atoms with Gasteiger partial charge in [0.05, 0.1) is 12.1 Å². The van der Waals surface area contributed by atoms with Crippen LogP contribution in [0, 0.1) is 11.8 Å². The Morgan fingerprint density at radius 3 is 2.52 bits per heavy atom. The molecule has 6 heteroatoms. The number of halogens is 3. The Morgan fingerprint density at radius 2 is 1.84 bits per heavy atom. The lowest BCUT2D eigenvalue weighted by atomic mass is 10.1. The highest BCUT2D eigenvalue weighted by Crippen LogP contribution is 2.29. The predicted octanol–water partition coefficient (Wildman–Crippen LogP) is 3.55. The normalized spacial score (nSPS) is 10.6. The molecule has 0 atom stereocenters. The Bertz CT molecular complexity index is 817. The number of carbonyl (C=O) groups excluding carboxylic acids is 1. The molecule has 0 radical (unpaired) electrons. The van der Waals surface area contributed by atoms with Crippen LogP contribution >= 0.6 is 0 Å². The van der Waals surface area contributed by atoms with Gasteiger partial charge < -0.3 is 10.2 Å². The quantitative estimate of drug-likeness (QED) is 0.862. The van der Waals surface area contributed by atoms with E-state index in [2.05, 4.69) is 17.2 Å². The van der Waals surface area contributed by atoms with Crippen LogP contribution in [0.1, 0.15) is 21.5 Å². The maximum absolute atomic E-state index is 12.6. The Morgan fingerprint density at radius 1 is 1.12 bits per heavy atom. The van der Waals surface area contributed by atoms with Crippen molar-refractivity contribution in [2.24, 2.45) is 0 Å². The molecule has 2 aromatic rings. The fraction of sp³-hybridized carbons (Fsp3) is 0.211. The zero-order chi connectivity index (χ0) is 18.4. The monoisotopic (exact) mass is 346 g/mol. The van der Waals surface area contributed by atoms with Crippen molar-refractivity contribution in [1.29, 1.82) is 0 Å². The largest absolute Gasteiger partial charge is 0.416 e. The van der Waals surface area contributed by atoms with Crippen molar-refractivity contribution >= 4 is 11.6 Å². The number of benzene rings is 2. The zero-order valence-corrected chi connectivity index (χ0v) is 13.8. The van der Waals surface area contributed by atoms with Crippen molar-refractivity contribution in [2.75, 3.05) is 25.5 Å². The smallest absolute Gasteiger partial charge is 0.378 e. The Hall–Kier alpha value is -2.94. The molecule has 1 amide bonds. The van der Waals surface area contributed by atoms with E-state index >= 15 is 0 Å². The molecule has 2 aromatic carbocycles. The number of nitrogens with zero attached hydrogens (tertiary/aromatic N) is 1. The standard InChI is InChI=1S/C19H17F3N2O/c1-24(2)17-10-4-8-15(13-17)18(25)23-11-5-7-14-6-3-9-16(12-14)19(20,21)22/h3-4,6,8-10,12-13H,11H2,1-2H3,(H,23,25). The minimum atomic E-state index is -4.40. The summed E-state index contributed by atoms with van der Waals surface area (Å²) in [7, 11) is 3.75. The topological polar surface area (TPSA) is 32.3 Å². The maximum Gasteiger partial charge on any atom is 0.416 e. The Balaban J connectivity index is 1.99. The van der Waals surface area contributed by atoms with Gasteiger partial charge in [-0.3, -0.25) is 4.79 Å². The molecule has 0 bridgehead atoms. The van der Waals surface area contributed by atoms with Crippen molar-refractivity contribution in [3.8, 4) is 11.8 Å². The molecule has 0 saturated carbocycles. The minimum absolute atomic E-state index is 0.0429. The summed E-state index contributed by atoms with van der Waals surface area (Å²) in [4.78, 5) is 13.9. The molecule has 2 rings (SSSR count). The first-order valence-corrected chi connectivity index (χ1v) is 7.49. The van der Waals surface area contributed by atoms with E-state index in [9.17, 15) is 18.0 Å². The van der Waals surface area contributed by atoms with Crippen LogP contribution < -0.4 is 10.2 Å². The molecular weight excluding hydrogens is 329 g/mol. The lowest BCUT2D eigenvalue weighted by molar-refractivity contribution is -0.137. The van der Waals surface area contributed by atoms with Crippen LogP contribution in [-0.2, 0) is 6.18 Å². The van der Waals surface area contributed by atoms with Crippen LogP contribution in [0.25, 0.3) is 0 Å². The highest BCUT2D eigenvalue weighted by molar-refractivity contribution is 5.95. The summed E-state index contributed by atoms with van der Waals surface area (Å²) in [6, 6.07) is 11.9. The molecule has 0 unspecified atom stereocenters. The number of alkyl halides is 3. The van der Waals surface area contributed by atoms with Crippen molar-refractivity contribution < 1.29 is 18.0 Å². The molecule has 0 fully saturated rings. The molecule has 0 heterocycles. The van der Waals surface area contributed by atoms with Gasteiger partial charge >= 0.3 is 6.18 Å². The molecule has 3 nitrogen and oxygen atoms in total. The summed E-state index contributed by atoms with van der Waals surface area (Å²) in [5.41, 5.74) is 0.886. The predicted molar refractivity (Wildman–Crippen MR) is 91.4 cm³/mol. The summed E-state index contributed by atoms with van der Waals surface area (Å²) in [5.74, 6) is 4.99. The van der Waals surface area contributed by atoms with Gasteiger partial charge in [0.2, 0.25) is 0 Å². The first kappa shape index (κ1) is 18.4. The first-order chi connectivity index (χ1) is 11.8. The van der Waals surface area contributed by atoms with Crippen LogP contribution in [0.5, 0.6) is 0 Å². The highest BCUT2D eigenvalue weighted by atomic mass is 19.4. The first-order valence-electron chi connectivity index (χ1n) is 7.49. The van der Waals surface area contributed by atoms with Gasteiger partial charge in [-0.25, -0.2) is 0 Å². The molecule has 0 saturated heterocycles. The van der Waals surface area contributed by atoms with Crippen molar-refractivity contribution in [2.45, 2.75) is 6.18 Å². The molecule has 1 N–H and O–H groups in total. The minimum Gasteiger partial charge on any atom is -0.378 e. The van der Waals surface area contributed by atoms with Crippen molar-refractivity contribution in [3.63, 3.8) is 0 Å². The van der Waals surface area contributed by atoms with Gasteiger partial charge in [0.1, 0.15) is 0 Å². The number of anilines is 1. The third kappa shape index (κ3) is 5.28. The van der Waals surface area contributed by atoms with Gasteiger partial charge in [0, 0.05) is 30.9 Å². The van der Waals surface area contributed by atoms with Crippen LogP contribution in [0.4, 0.5) is 18.9 Å². The van der Waals surface area contributed by atoms with Crippen molar-refractivity contribution in [1.82, 2.24) is 5.32 Å². The van der Waals surface area contributed by atoms with Gasteiger partial charge in [0.25, 0.3) is 5.91 Å². The van der Waals surface area contributed by atoms with Gasteiger partial charge in [0.15, 0.2) is 0 Å². The molecule has 0 aromatic heterocycles. The van der Waals surface area contributed by atoms with E-state index in [1.807, 2.05) is 25.1 Å². The number of nitrogens with one attached hydrogen (secondary N) is 1. The third-order valence-electron chi connectivity index (χ3n) is 3.38. The molecule has 25 heavy (non-hydrogen) atoms. The highest BCUT2D eigenvalue weighted by Gasteiger charge is 2.30. The Labute approximate surface area is 144 Å². The second-order valence-electron chi connectivity index (χ2n) is 5.51. The fourth-order valence-electron chi connectivity index (χ4n) is 2.07. The summed E-state index contributed by atoms with van der Waals surface area (Å²) in [6.45, 7) is 0.0429. The van der Waals surface area contributed by atoms with E-state index < -0.39 is 11.7 Å². The number of carbonyl (C=O) groups is 1. The van der Waals surface area contributed by atoms with E-state index in [1.165, 1.54) is 12.1 Å². The van der Waals surface area contributed by atoms with E-state index in [1.54, 1.807) is 18.2 Å². The average molecular weight is 346 g/mol. The molecule has 130 valence electrons. The maximum atomic E-state index is 12.6. The molecular formula is C19H17F3N2O. The lowest BCUT2D eigenvalue weighted by Crippen LogP contribution is -2.23. The summed E-state index contributed by atoms with van der Waals surface area (Å²) in [5, 5.41) is 2.63. The second-order valence-corrected chi connectivity index (χ2v) is 5.51. The second kappa shape index (κ2) is 7.75. The van der Waals surface area contributed by atoms with Crippen LogP contribution in [-0.4, -0.2) is 26.5 Å². The molecule has 0 aliphatic heterocycles. The third-order valence-corrected chi connectivity index (χ3v) is 3.38. The zero-order valence-electron chi connectivity index (χ0n) is 13.8. The van der Waals surface area contributed by atoms with Crippen LogP contribution in [0.15, 0.2) is 48.5 Å². The van der Waals surface area contributed by atoms with Crippen molar-refractivity contribution in [3.05, 3.63) is 65.2 Å². The van der Waals surface area contributed by atoms with E-state index in [4.69, 9.17) is 0 Å². The van der Waals surface area contributed by atoms with Gasteiger partial charge in [-0.15, -0.1) is 0 Å². The molecule has 0 aliphatic rings. The van der Waals surface area contributed by atoms with Gasteiger partial charge in [-0.05, 0) is 36.4 Å². The van der Waals surface area contributed by atoms with E-state index in [-0.39, 0.29) is 18.0 Å². The van der Waals surface area contributed by atoms with Gasteiger partial charge in [-0.1, -0.05) is 24.0 Å². The number of hydrogen-bond donors (Lipinski definition) is 1. The van der Waals surface area contributed by atoms with Gasteiger partial charge in [-0.2, -0.15) is 13.2 Å². The van der Waals surface area contributed by atoms with Crippen LogP contribution in [0.3, 0.4) is 0 Å². The lowest BCUT2D eigenvalue weighted by Gasteiger charge is -2.13. The van der Waals surface area contributed by atoms with Crippen LogP contribution in [0.2, 0.25) is 0 Å². The summed E-state index contributed by atoms with van der Waals surface area (Å²) >= 11 is 0. The Kier molecular flexibility index (Phi) is 5.71. The van der Waals surface area contributed by atoms with E-state index in [0.29, 0.717) is 5.56 Å². The van der Waals surface area contributed by atoms with E-state index in [0.717, 1.165) is 17.8 Å². The summed E-state index contributed by atoms with van der Waals surface area (Å²) in [6.07, 6.45) is -4.40.